The molecule has 1 saturated heterocycles. The molecule has 13 nitrogen and oxygen atoms in total. The van der Waals surface area contributed by atoms with Gasteiger partial charge in [0.25, 0.3) is 14.1 Å². The number of rotatable bonds is 13. The Balaban J connectivity index is 2.40. The minimum Gasteiger partial charge on any atom is -0.386 e. The van der Waals surface area contributed by atoms with Gasteiger partial charge in [0, 0.05) is 11.8 Å². The maximum Gasteiger partial charge on any atom is 0.399 e. The fraction of sp³-hybridized carbons (Fsp3) is 0.722. The Bertz CT molecular complexity index is 1050. The number of nitrogens with one attached hydrogen (secondary N) is 1. The van der Waals surface area contributed by atoms with E-state index in [2.05, 4.69) is 0 Å². The maximum absolute atomic E-state index is 15.2. The van der Waals surface area contributed by atoms with Crippen LogP contribution in [-0.4, -0.2) is 58.5 Å². The van der Waals surface area contributed by atoms with Crippen LogP contribution in [-0.2, 0) is 27.4 Å². The summed E-state index contributed by atoms with van der Waals surface area (Å²) in [5.41, 5.74) is 0.120. The smallest absolute Gasteiger partial charge is 0.386 e. The second-order valence-corrected chi connectivity index (χ2v) is 10.5. The van der Waals surface area contributed by atoms with Crippen LogP contribution in [0.3, 0.4) is 0 Å². The molecule has 198 valence electrons. The van der Waals surface area contributed by atoms with Gasteiger partial charge in [0.1, 0.15) is 12.2 Å². The highest BCUT2D eigenvalue weighted by Crippen LogP contribution is 2.64. The Morgan fingerprint density at radius 3 is 2.57 bits per heavy atom. The average molecular weight is 544 g/mol. The largest absolute Gasteiger partial charge is 0.399 e. The quantitative estimate of drug-likeness (QED) is 0.243. The van der Waals surface area contributed by atoms with Crippen LogP contribution in [0.1, 0.15) is 38.5 Å². The first-order valence-corrected chi connectivity index (χ1v) is 13.3. The van der Waals surface area contributed by atoms with Gasteiger partial charge in [-0.2, -0.15) is 14.0 Å². The van der Waals surface area contributed by atoms with E-state index in [1.165, 1.54) is 20.8 Å². The number of nitrogens with two attached hydrogens (primary N) is 1. The van der Waals surface area contributed by atoms with Crippen LogP contribution in [0.5, 0.6) is 0 Å². The van der Waals surface area contributed by atoms with E-state index in [-0.39, 0.29) is 31.8 Å². The predicted molar refractivity (Wildman–Crippen MR) is 119 cm³/mol. The van der Waals surface area contributed by atoms with E-state index in [4.69, 9.17) is 33.6 Å². The Morgan fingerprint density at radius 1 is 1.37 bits per heavy atom. The number of aromatic nitrogens is 2. The first-order chi connectivity index (χ1) is 16.4. The highest BCUT2D eigenvalue weighted by Gasteiger charge is 2.59. The minimum absolute atomic E-state index is 0.0226. The predicted octanol–water partition coefficient (Wildman–Crippen LogP) is 1.85. The van der Waals surface area contributed by atoms with Crippen LogP contribution in [0, 0.1) is 18.3 Å². The van der Waals surface area contributed by atoms with Crippen LogP contribution in [0.15, 0.2) is 15.8 Å². The molecule has 1 aromatic heterocycles. The van der Waals surface area contributed by atoms with Crippen molar-refractivity contribution in [3.05, 3.63) is 32.6 Å². The Morgan fingerprint density at radius 2 is 2.00 bits per heavy atom. The topological polar surface area (TPSA) is 188 Å². The standard InChI is InChI=1S/C18H28F2N4O9P2/c1-4-30-35(28,31-5-2)18(19,20)9-12-14(33-34(22)29-8-6-7-21)13(25)16(32-12)24-10-11(3)15(26)23-17(24)27/h10,12-14,16,25H,4-6,8-9,22H2,1-3H3,(H,23,26,27)/t12-,13-,14-,16-,34?/m1/s1. The second-order valence-electron chi connectivity index (χ2n) is 7.33. The molecule has 1 unspecified atom stereocenters. The number of halogens is 2. The molecule has 2 rings (SSSR count). The molecular formula is C18H28F2N4O9P2. The maximum atomic E-state index is 15.2. The van der Waals surface area contributed by atoms with E-state index in [1.807, 2.05) is 11.1 Å². The fourth-order valence-corrected chi connectivity index (χ4v) is 5.64. The molecular weight excluding hydrogens is 516 g/mol. The van der Waals surface area contributed by atoms with Crippen molar-refractivity contribution < 1.29 is 41.3 Å². The van der Waals surface area contributed by atoms with Gasteiger partial charge in [-0.05, 0) is 20.8 Å². The van der Waals surface area contributed by atoms with Crippen LogP contribution in [0.25, 0.3) is 0 Å². The van der Waals surface area contributed by atoms with Crippen molar-refractivity contribution in [3.8, 4) is 6.07 Å². The van der Waals surface area contributed by atoms with Gasteiger partial charge in [-0.15, -0.1) is 0 Å². The fourth-order valence-electron chi connectivity index (χ4n) is 3.27. The number of nitrogens with zero attached hydrogens (tertiary/aromatic N) is 2. The van der Waals surface area contributed by atoms with Crippen molar-refractivity contribution in [1.82, 2.24) is 9.55 Å². The van der Waals surface area contributed by atoms with E-state index in [1.54, 1.807) is 0 Å². The van der Waals surface area contributed by atoms with Crippen molar-refractivity contribution in [3.63, 3.8) is 0 Å². The number of hydrogen-bond donors (Lipinski definition) is 3. The summed E-state index contributed by atoms with van der Waals surface area (Å²) in [4.78, 5) is 26.0. The number of alkyl halides is 2. The Labute approximate surface area is 200 Å². The number of nitriles is 1. The molecule has 5 atom stereocenters. The first-order valence-electron chi connectivity index (χ1n) is 10.5. The molecule has 1 aromatic rings. The number of aromatic amines is 1. The molecule has 0 saturated carbocycles. The third kappa shape index (κ3) is 7.01. The first kappa shape index (κ1) is 29.6. The summed E-state index contributed by atoms with van der Waals surface area (Å²) in [6, 6.07) is 1.83. The van der Waals surface area contributed by atoms with Crippen molar-refractivity contribution >= 4 is 16.1 Å². The lowest BCUT2D eigenvalue weighted by molar-refractivity contribution is -0.0723. The van der Waals surface area contributed by atoms with Crippen LogP contribution in [0.4, 0.5) is 8.78 Å². The molecule has 4 N–H and O–H groups in total. The summed E-state index contributed by atoms with van der Waals surface area (Å²) in [5.74, 6) is 0. The van der Waals surface area contributed by atoms with Gasteiger partial charge < -0.3 is 27.9 Å². The lowest BCUT2D eigenvalue weighted by Gasteiger charge is -2.29. The minimum atomic E-state index is -4.95. The molecule has 0 bridgehead atoms. The molecule has 35 heavy (non-hydrogen) atoms. The van der Waals surface area contributed by atoms with E-state index in [0.717, 1.165) is 10.8 Å². The molecule has 0 aliphatic carbocycles. The lowest BCUT2D eigenvalue weighted by atomic mass is 10.1. The van der Waals surface area contributed by atoms with Crippen molar-refractivity contribution in [2.45, 2.75) is 63.8 Å². The van der Waals surface area contributed by atoms with Gasteiger partial charge in [0.15, 0.2) is 6.23 Å². The van der Waals surface area contributed by atoms with E-state index in [9.17, 15) is 19.3 Å². The average Bonchev–Trinajstić information content (AvgIpc) is 3.05. The number of aliphatic hydroxyl groups excluding tert-OH is 1. The van der Waals surface area contributed by atoms with Gasteiger partial charge in [-0.1, -0.05) is 0 Å². The van der Waals surface area contributed by atoms with Crippen LogP contribution < -0.4 is 16.8 Å². The van der Waals surface area contributed by atoms with Gasteiger partial charge in [-0.25, -0.2) is 4.79 Å². The van der Waals surface area contributed by atoms with Crippen LogP contribution in [0.2, 0.25) is 0 Å². The molecule has 0 amide bonds. The number of aryl methyl sites for hydroxylation is 1. The number of hydrogen-bond acceptors (Lipinski definition) is 11. The zero-order valence-corrected chi connectivity index (χ0v) is 21.0. The summed E-state index contributed by atoms with van der Waals surface area (Å²) in [6.07, 6.45) is -6.75. The Kier molecular flexibility index (Phi) is 10.7. The van der Waals surface area contributed by atoms with E-state index < -0.39 is 64.0 Å². The van der Waals surface area contributed by atoms with Gasteiger partial charge in [0.2, 0.25) is 0 Å². The zero-order valence-electron chi connectivity index (χ0n) is 19.3. The molecule has 1 fully saturated rings. The number of aliphatic hydroxyl groups is 1. The van der Waals surface area contributed by atoms with Gasteiger partial charge >= 0.3 is 18.9 Å². The highest BCUT2D eigenvalue weighted by atomic mass is 31.2. The monoisotopic (exact) mass is 544 g/mol. The Hall–Kier alpha value is -1.59. The zero-order chi connectivity index (χ0) is 26.4. The molecule has 2 heterocycles. The van der Waals surface area contributed by atoms with Crippen LogP contribution >= 0.6 is 16.1 Å². The molecule has 0 aromatic carbocycles. The summed E-state index contributed by atoms with van der Waals surface area (Å²) in [5, 5.41) is 19.5. The number of H-pyrrole nitrogens is 1. The lowest BCUT2D eigenvalue weighted by Crippen LogP contribution is -2.39. The summed E-state index contributed by atoms with van der Waals surface area (Å²) in [7, 11) is -7.21. The van der Waals surface area contributed by atoms with Crippen molar-refractivity contribution in [2.24, 2.45) is 5.50 Å². The normalized spacial score (nSPS) is 23.8. The second kappa shape index (κ2) is 12.6. The molecule has 1 aliphatic heterocycles. The van der Waals surface area contributed by atoms with Crippen molar-refractivity contribution in [2.75, 3.05) is 19.8 Å². The van der Waals surface area contributed by atoms with Gasteiger partial charge in [0.05, 0.1) is 44.8 Å². The number of ether oxygens (including phenoxy) is 1. The molecule has 1 aliphatic rings. The SMILES string of the molecule is CCOP(=O)(OCC)C(F)(F)C[C@H]1O[C@@H](n2cc(C)c(=O)[nH]c2=O)[C@H](O)[C@@H]1OP(N)OCCC#N. The summed E-state index contributed by atoms with van der Waals surface area (Å²) in [6.45, 7) is 3.36. The van der Waals surface area contributed by atoms with E-state index in [0.29, 0.717) is 0 Å². The summed E-state index contributed by atoms with van der Waals surface area (Å²) >= 11 is 0. The molecule has 0 spiro atoms. The van der Waals surface area contributed by atoms with Gasteiger partial charge in [-0.3, -0.25) is 24.4 Å². The molecule has 17 heteroatoms. The van der Waals surface area contributed by atoms with Crippen molar-refractivity contribution in [1.29, 1.82) is 5.26 Å². The summed E-state index contributed by atoms with van der Waals surface area (Å²) < 4.78 is 69.6. The molecule has 0 radical (unpaired) electrons. The highest BCUT2D eigenvalue weighted by molar-refractivity contribution is 7.55. The third-order valence-corrected chi connectivity index (χ3v) is 7.90. The third-order valence-electron chi connectivity index (χ3n) is 4.83. The van der Waals surface area contributed by atoms with E-state index >= 15 is 8.78 Å².